The van der Waals surface area contributed by atoms with Crippen LogP contribution in [0, 0.1) is 0 Å². The van der Waals surface area contributed by atoms with E-state index in [1.807, 2.05) is 6.21 Å². The van der Waals surface area contributed by atoms with Crippen molar-refractivity contribution < 1.29 is 0 Å². The van der Waals surface area contributed by atoms with E-state index in [0.717, 1.165) is 0 Å². The Balaban J connectivity index is 2.74. The molecule has 0 heterocycles. The molecule has 0 amide bonds. The predicted molar refractivity (Wildman–Crippen MR) is 69.2 cm³/mol. The molecule has 0 N–H and O–H groups in total. The van der Waals surface area contributed by atoms with Crippen LogP contribution in [0.25, 0.3) is 0 Å². The Labute approximate surface area is 91.7 Å². The van der Waals surface area contributed by atoms with Crippen molar-refractivity contribution in [2.75, 3.05) is 6.26 Å². The van der Waals surface area contributed by atoms with Crippen molar-refractivity contribution in [3.63, 3.8) is 0 Å². The van der Waals surface area contributed by atoms with E-state index in [9.17, 15) is 0 Å². The maximum atomic E-state index is 4.59. The van der Waals surface area contributed by atoms with E-state index >= 15 is 0 Å². The minimum atomic E-state index is -1.30. The second-order valence-corrected chi connectivity index (χ2v) is 9.68. The average molecular weight is 223 g/mol. The molecule has 14 heavy (non-hydrogen) atoms. The summed E-state index contributed by atoms with van der Waals surface area (Å²) in [4.78, 5) is 1.30. The lowest BCUT2D eigenvalue weighted by atomic mass is 10.2. The first kappa shape index (κ1) is 11.5. The summed E-state index contributed by atoms with van der Waals surface area (Å²) in [5, 5.41) is 0. The van der Waals surface area contributed by atoms with Gasteiger partial charge in [-0.15, -0.1) is 11.8 Å². The summed E-state index contributed by atoms with van der Waals surface area (Å²) >= 11 is 1.77. The first-order chi connectivity index (χ1) is 6.51. The van der Waals surface area contributed by atoms with Gasteiger partial charge < -0.3 is 4.66 Å². The zero-order valence-corrected chi connectivity index (χ0v) is 11.1. The Morgan fingerprint density at radius 1 is 1.14 bits per heavy atom. The molecule has 0 aromatic heterocycles. The van der Waals surface area contributed by atoms with Crippen LogP contribution in [0.5, 0.6) is 0 Å². The van der Waals surface area contributed by atoms with Crippen molar-refractivity contribution >= 4 is 26.2 Å². The van der Waals surface area contributed by atoms with Gasteiger partial charge in [-0.3, -0.25) is 0 Å². The summed E-state index contributed by atoms with van der Waals surface area (Å²) in [5.74, 6) is 0. The van der Waals surface area contributed by atoms with Crippen molar-refractivity contribution in [2.45, 2.75) is 24.5 Å². The highest BCUT2D eigenvalue weighted by Crippen LogP contribution is 2.14. The predicted octanol–water partition coefficient (Wildman–Crippen LogP) is 3.66. The summed E-state index contributed by atoms with van der Waals surface area (Å²) in [6.07, 6.45) is 4.08. The lowest BCUT2D eigenvalue weighted by molar-refractivity contribution is 1.45. The molecule has 0 bridgehead atoms. The average Bonchev–Trinajstić information content (AvgIpc) is 2.14. The van der Waals surface area contributed by atoms with Crippen molar-refractivity contribution in [2.24, 2.45) is 4.66 Å². The maximum absolute atomic E-state index is 4.59. The van der Waals surface area contributed by atoms with Gasteiger partial charge in [0.1, 0.15) is 0 Å². The van der Waals surface area contributed by atoms with E-state index in [1.165, 1.54) is 10.5 Å². The van der Waals surface area contributed by atoms with Gasteiger partial charge in [0.15, 0.2) is 8.24 Å². The molecule has 76 valence electrons. The van der Waals surface area contributed by atoms with Crippen LogP contribution < -0.4 is 0 Å². The van der Waals surface area contributed by atoms with Crippen LogP contribution in [-0.4, -0.2) is 20.7 Å². The smallest absolute Gasteiger partial charge is 0.172 e. The summed E-state index contributed by atoms with van der Waals surface area (Å²) in [7, 11) is -1.30. The number of thioether (sulfide) groups is 1. The summed E-state index contributed by atoms with van der Waals surface area (Å²) in [6.45, 7) is 6.71. The fourth-order valence-electron chi connectivity index (χ4n) is 0.958. The second kappa shape index (κ2) is 4.80. The van der Waals surface area contributed by atoms with E-state index < -0.39 is 8.24 Å². The van der Waals surface area contributed by atoms with Gasteiger partial charge in [-0.1, -0.05) is 12.1 Å². The van der Waals surface area contributed by atoms with Crippen LogP contribution in [0.1, 0.15) is 5.56 Å². The van der Waals surface area contributed by atoms with Crippen LogP contribution in [0.2, 0.25) is 19.6 Å². The fourth-order valence-corrected chi connectivity index (χ4v) is 1.90. The fraction of sp³-hybridized carbons (Fsp3) is 0.364. The van der Waals surface area contributed by atoms with Gasteiger partial charge in [0.2, 0.25) is 0 Å². The molecule has 3 heteroatoms. The minimum absolute atomic E-state index is 1.20. The molecule has 0 atom stereocenters. The molecule has 0 saturated heterocycles. The van der Waals surface area contributed by atoms with Gasteiger partial charge in [0, 0.05) is 11.1 Å². The normalized spacial score (nSPS) is 12.3. The molecule has 1 aromatic rings. The number of benzene rings is 1. The first-order valence-corrected chi connectivity index (χ1v) is 9.38. The molecule has 0 saturated carbocycles. The van der Waals surface area contributed by atoms with Crippen LogP contribution >= 0.6 is 11.8 Å². The van der Waals surface area contributed by atoms with Gasteiger partial charge in [-0.05, 0) is 43.6 Å². The Morgan fingerprint density at radius 3 is 2.14 bits per heavy atom. The van der Waals surface area contributed by atoms with Gasteiger partial charge in [-0.25, -0.2) is 0 Å². The second-order valence-electron chi connectivity index (χ2n) is 4.20. The van der Waals surface area contributed by atoms with E-state index in [0.29, 0.717) is 0 Å². The molecule has 0 aliphatic heterocycles. The third-order valence-corrected chi connectivity index (χ3v) is 3.36. The van der Waals surface area contributed by atoms with E-state index in [-0.39, 0.29) is 0 Å². The Hall–Kier alpha value is -0.543. The van der Waals surface area contributed by atoms with Crippen molar-refractivity contribution in [1.29, 1.82) is 0 Å². The van der Waals surface area contributed by atoms with E-state index in [1.54, 1.807) is 11.8 Å². The molecule has 0 radical (unpaired) electrons. The number of hydrogen-bond acceptors (Lipinski definition) is 2. The van der Waals surface area contributed by atoms with Crippen LogP contribution in [-0.2, 0) is 0 Å². The van der Waals surface area contributed by atoms with Crippen molar-refractivity contribution in [3.05, 3.63) is 29.8 Å². The standard InChI is InChI=1S/C11H17NSSi/c1-13-11-7-5-10(6-8-11)9-12-14(2,3)4/h5-9H,1-4H3/b12-9+. The van der Waals surface area contributed by atoms with E-state index in [4.69, 9.17) is 0 Å². The number of hydrogen-bond donors (Lipinski definition) is 0. The zero-order valence-electron chi connectivity index (χ0n) is 9.24. The van der Waals surface area contributed by atoms with Crippen LogP contribution in [0.3, 0.4) is 0 Å². The zero-order chi connectivity index (χ0) is 10.6. The van der Waals surface area contributed by atoms with Crippen LogP contribution in [0.4, 0.5) is 0 Å². The molecule has 0 aliphatic carbocycles. The van der Waals surface area contributed by atoms with Gasteiger partial charge >= 0.3 is 0 Å². The topological polar surface area (TPSA) is 12.4 Å². The van der Waals surface area contributed by atoms with Gasteiger partial charge in [0.25, 0.3) is 0 Å². The molecular weight excluding hydrogens is 206 g/mol. The third-order valence-electron chi connectivity index (χ3n) is 1.72. The lowest BCUT2D eigenvalue weighted by Gasteiger charge is -2.07. The van der Waals surface area contributed by atoms with Gasteiger partial charge in [0.05, 0.1) is 0 Å². The maximum Gasteiger partial charge on any atom is 0.172 e. The Bertz CT molecular complexity index is 311. The number of rotatable bonds is 3. The minimum Gasteiger partial charge on any atom is -0.329 e. The highest BCUT2D eigenvalue weighted by atomic mass is 32.2. The largest absolute Gasteiger partial charge is 0.329 e. The molecule has 0 fully saturated rings. The third kappa shape index (κ3) is 4.11. The Morgan fingerprint density at radius 2 is 1.71 bits per heavy atom. The summed E-state index contributed by atoms with van der Waals surface area (Å²) < 4.78 is 4.59. The quantitative estimate of drug-likeness (QED) is 0.433. The SMILES string of the molecule is CSc1ccc(/C=N/[Si](C)(C)C)cc1. The molecular formula is C11H17NSSi. The monoisotopic (exact) mass is 223 g/mol. The first-order valence-electron chi connectivity index (χ1n) is 4.70. The number of nitrogens with zero attached hydrogens (tertiary/aromatic N) is 1. The highest BCUT2D eigenvalue weighted by Gasteiger charge is 2.08. The van der Waals surface area contributed by atoms with Gasteiger partial charge in [-0.2, -0.15) is 0 Å². The molecule has 1 nitrogen and oxygen atoms in total. The Kier molecular flexibility index (Phi) is 3.95. The van der Waals surface area contributed by atoms with E-state index in [2.05, 4.69) is 54.8 Å². The van der Waals surface area contributed by atoms with Crippen molar-refractivity contribution in [3.8, 4) is 0 Å². The van der Waals surface area contributed by atoms with Crippen LogP contribution in [0.15, 0.2) is 33.8 Å². The molecule has 0 unspecified atom stereocenters. The van der Waals surface area contributed by atoms with Crippen molar-refractivity contribution in [1.82, 2.24) is 0 Å². The highest BCUT2D eigenvalue weighted by molar-refractivity contribution is 7.98. The summed E-state index contributed by atoms with van der Waals surface area (Å²) in [6, 6.07) is 8.51. The lowest BCUT2D eigenvalue weighted by Crippen LogP contribution is -2.16. The molecule has 0 spiro atoms. The molecule has 1 aromatic carbocycles. The molecule has 1 rings (SSSR count). The molecule has 0 aliphatic rings. The summed E-state index contributed by atoms with van der Waals surface area (Å²) in [5.41, 5.74) is 1.20.